The second-order valence-electron chi connectivity index (χ2n) is 8.52. The van der Waals surface area contributed by atoms with E-state index in [-0.39, 0.29) is 18.0 Å². The molecule has 1 fully saturated rings. The predicted octanol–water partition coefficient (Wildman–Crippen LogP) is 4.49. The van der Waals surface area contributed by atoms with Crippen molar-refractivity contribution in [2.45, 2.75) is 46.2 Å². The van der Waals surface area contributed by atoms with Crippen molar-refractivity contribution in [3.63, 3.8) is 0 Å². The average Bonchev–Trinajstić information content (AvgIpc) is 3.30. The number of hydrogen-bond donors (Lipinski definition) is 2. The summed E-state index contributed by atoms with van der Waals surface area (Å²) in [6.07, 6.45) is 1.50. The number of carbonyl (C=O) groups excluding carboxylic acids is 2. The highest BCUT2D eigenvalue weighted by atomic mass is 32.1. The number of rotatable bonds is 5. The quantitative estimate of drug-likeness (QED) is 0.615. The minimum absolute atomic E-state index is 0.0381. The number of amides is 3. The second kappa shape index (κ2) is 9.09. The van der Waals surface area contributed by atoms with Gasteiger partial charge in [-0.05, 0) is 43.9 Å². The molecule has 1 aliphatic heterocycles. The zero-order valence-electron chi connectivity index (χ0n) is 18.2. The molecule has 164 valence electrons. The number of hydrogen-bond acceptors (Lipinski definition) is 4. The fraction of sp³-hybridized carbons (Fsp3) is 0.435. The molecule has 7 nitrogen and oxygen atoms in total. The van der Waals surface area contributed by atoms with Gasteiger partial charge in [0, 0.05) is 36.7 Å². The van der Waals surface area contributed by atoms with E-state index in [4.69, 9.17) is 0 Å². The van der Waals surface area contributed by atoms with E-state index in [0.29, 0.717) is 19.0 Å². The van der Waals surface area contributed by atoms with Crippen molar-refractivity contribution < 1.29 is 9.59 Å². The van der Waals surface area contributed by atoms with E-state index < -0.39 is 0 Å². The van der Waals surface area contributed by atoms with Crippen LogP contribution in [0.1, 0.15) is 42.1 Å². The molecule has 0 atom stereocenters. The zero-order valence-corrected chi connectivity index (χ0v) is 19.0. The van der Waals surface area contributed by atoms with Crippen molar-refractivity contribution in [3.05, 3.63) is 47.0 Å². The number of nitrogens with zero attached hydrogens (tertiary/aromatic N) is 3. The van der Waals surface area contributed by atoms with Gasteiger partial charge in [-0.15, -0.1) is 11.3 Å². The molecule has 1 aromatic carbocycles. The van der Waals surface area contributed by atoms with Gasteiger partial charge in [-0.3, -0.25) is 9.48 Å². The van der Waals surface area contributed by atoms with Crippen molar-refractivity contribution in [2.24, 2.45) is 5.92 Å². The number of aryl methyl sites for hydroxylation is 1. The molecule has 3 aromatic rings. The molecule has 1 saturated heterocycles. The Morgan fingerprint density at radius 2 is 1.90 bits per heavy atom. The number of piperidine rings is 1. The first-order valence-corrected chi connectivity index (χ1v) is 11.6. The van der Waals surface area contributed by atoms with Gasteiger partial charge in [0.05, 0.1) is 10.6 Å². The van der Waals surface area contributed by atoms with Crippen LogP contribution in [0.5, 0.6) is 0 Å². The van der Waals surface area contributed by atoms with E-state index >= 15 is 0 Å². The predicted molar refractivity (Wildman–Crippen MR) is 125 cm³/mol. The van der Waals surface area contributed by atoms with Gasteiger partial charge in [0.1, 0.15) is 4.83 Å². The molecule has 2 aromatic heterocycles. The smallest absolute Gasteiger partial charge is 0.321 e. The molecule has 0 saturated carbocycles. The Labute approximate surface area is 186 Å². The van der Waals surface area contributed by atoms with Gasteiger partial charge in [0.25, 0.3) is 5.91 Å². The summed E-state index contributed by atoms with van der Waals surface area (Å²) in [5.41, 5.74) is 1.75. The van der Waals surface area contributed by atoms with Crippen LogP contribution in [-0.4, -0.2) is 45.8 Å². The molecule has 0 radical (unpaired) electrons. The van der Waals surface area contributed by atoms with E-state index in [1.54, 1.807) is 4.90 Å². The Bertz CT molecular complexity index is 1060. The molecule has 1 aliphatic rings. The fourth-order valence-corrected chi connectivity index (χ4v) is 4.98. The van der Waals surface area contributed by atoms with Gasteiger partial charge in [-0.2, -0.15) is 5.10 Å². The number of carbonyl (C=O) groups is 2. The van der Waals surface area contributed by atoms with Crippen LogP contribution in [0, 0.1) is 12.8 Å². The first-order valence-electron chi connectivity index (χ1n) is 10.8. The Morgan fingerprint density at radius 1 is 1.19 bits per heavy atom. The minimum atomic E-state index is -0.0920. The first kappa shape index (κ1) is 21.4. The molecule has 0 unspecified atom stereocenters. The van der Waals surface area contributed by atoms with E-state index in [1.807, 2.05) is 48.0 Å². The number of likely N-dealkylation sites (tertiary alicyclic amines) is 1. The van der Waals surface area contributed by atoms with Crippen LogP contribution in [-0.2, 0) is 6.54 Å². The van der Waals surface area contributed by atoms with Crippen LogP contribution in [0.4, 0.5) is 10.5 Å². The molecule has 3 amide bonds. The zero-order chi connectivity index (χ0) is 22.0. The maximum Gasteiger partial charge on any atom is 0.321 e. The summed E-state index contributed by atoms with van der Waals surface area (Å²) < 4.78 is 2.01. The van der Waals surface area contributed by atoms with Crippen molar-refractivity contribution in [1.82, 2.24) is 20.0 Å². The molecule has 0 bridgehead atoms. The van der Waals surface area contributed by atoms with Gasteiger partial charge in [-0.25, -0.2) is 4.79 Å². The van der Waals surface area contributed by atoms with Crippen LogP contribution in [0.2, 0.25) is 0 Å². The molecule has 2 N–H and O–H groups in total. The highest BCUT2D eigenvalue weighted by Gasteiger charge is 2.25. The number of benzene rings is 1. The molecule has 4 rings (SSSR count). The van der Waals surface area contributed by atoms with Crippen molar-refractivity contribution in [1.29, 1.82) is 0 Å². The number of aromatic nitrogens is 2. The summed E-state index contributed by atoms with van der Waals surface area (Å²) in [6.45, 7) is 8.41. The highest BCUT2D eigenvalue weighted by Crippen LogP contribution is 2.29. The number of thiophene rings is 1. The average molecular weight is 440 g/mol. The van der Waals surface area contributed by atoms with Crippen LogP contribution < -0.4 is 10.6 Å². The van der Waals surface area contributed by atoms with Gasteiger partial charge < -0.3 is 15.5 Å². The Balaban J connectivity index is 1.33. The van der Waals surface area contributed by atoms with Crippen LogP contribution in [0.3, 0.4) is 0 Å². The maximum absolute atomic E-state index is 12.9. The second-order valence-corrected chi connectivity index (χ2v) is 9.55. The van der Waals surface area contributed by atoms with Gasteiger partial charge in [0.2, 0.25) is 0 Å². The lowest BCUT2D eigenvalue weighted by atomic mass is 10.1. The first-order chi connectivity index (χ1) is 14.9. The molecule has 8 heteroatoms. The largest absolute Gasteiger partial charge is 0.348 e. The van der Waals surface area contributed by atoms with Gasteiger partial charge >= 0.3 is 6.03 Å². The standard InChI is InChI=1S/C23H29N5O2S/c1-15(2)14-28-22-19(16(3)26-28)13-20(31-22)21(29)24-18-9-11-27(12-10-18)23(30)25-17-7-5-4-6-8-17/h4-8,13,15,18H,9-12,14H2,1-3H3,(H,24,29)(H,25,30). The van der Waals surface area contributed by atoms with Crippen molar-refractivity contribution in [2.75, 3.05) is 18.4 Å². The van der Waals surface area contributed by atoms with Crippen molar-refractivity contribution in [3.8, 4) is 0 Å². The Kier molecular flexibility index (Phi) is 6.27. The Morgan fingerprint density at radius 3 is 2.58 bits per heavy atom. The number of anilines is 1. The molecule has 0 aliphatic carbocycles. The number of para-hydroxylation sites is 1. The summed E-state index contributed by atoms with van der Waals surface area (Å²) in [4.78, 5) is 28.9. The van der Waals surface area contributed by atoms with Crippen LogP contribution in [0.15, 0.2) is 36.4 Å². The lowest BCUT2D eigenvalue weighted by molar-refractivity contribution is 0.0923. The number of nitrogens with one attached hydrogen (secondary N) is 2. The third-order valence-corrected chi connectivity index (χ3v) is 6.66. The highest BCUT2D eigenvalue weighted by molar-refractivity contribution is 7.20. The van der Waals surface area contributed by atoms with Crippen LogP contribution in [0.25, 0.3) is 10.2 Å². The van der Waals surface area contributed by atoms with E-state index in [9.17, 15) is 9.59 Å². The molecule has 3 heterocycles. The topological polar surface area (TPSA) is 79.3 Å². The monoisotopic (exact) mass is 439 g/mol. The SMILES string of the molecule is Cc1nn(CC(C)C)c2sc(C(=O)NC3CCN(C(=O)Nc4ccccc4)CC3)cc12. The lowest BCUT2D eigenvalue weighted by Gasteiger charge is -2.32. The number of urea groups is 1. The summed E-state index contributed by atoms with van der Waals surface area (Å²) in [7, 11) is 0. The molecular weight excluding hydrogens is 410 g/mol. The van der Waals surface area contributed by atoms with Gasteiger partial charge in [-0.1, -0.05) is 32.0 Å². The summed E-state index contributed by atoms with van der Waals surface area (Å²) in [5.74, 6) is 0.454. The van der Waals surface area contributed by atoms with E-state index in [2.05, 4.69) is 29.6 Å². The summed E-state index contributed by atoms with van der Waals surface area (Å²) in [6, 6.07) is 11.4. The lowest BCUT2D eigenvalue weighted by Crippen LogP contribution is -2.47. The van der Waals surface area contributed by atoms with Crippen molar-refractivity contribution >= 4 is 39.2 Å². The molecular formula is C23H29N5O2S. The third-order valence-electron chi connectivity index (χ3n) is 5.51. The maximum atomic E-state index is 12.9. The molecule has 0 spiro atoms. The van der Waals surface area contributed by atoms with E-state index in [1.165, 1.54) is 11.3 Å². The fourth-order valence-electron chi connectivity index (χ4n) is 3.90. The normalized spacial score (nSPS) is 14.9. The third kappa shape index (κ3) is 4.90. The molecule has 31 heavy (non-hydrogen) atoms. The van der Waals surface area contributed by atoms with Crippen LogP contribution >= 0.6 is 11.3 Å². The van der Waals surface area contributed by atoms with E-state index in [0.717, 1.165) is 45.9 Å². The van der Waals surface area contributed by atoms with Gasteiger partial charge in [0.15, 0.2) is 0 Å². The summed E-state index contributed by atoms with van der Waals surface area (Å²) in [5, 5.41) is 11.8. The number of fused-ring (bicyclic) bond motifs is 1. The minimum Gasteiger partial charge on any atom is -0.348 e. The summed E-state index contributed by atoms with van der Waals surface area (Å²) >= 11 is 1.50. The Hall–Kier alpha value is -2.87.